The molecule has 0 spiro atoms. The second kappa shape index (κ2) is 29.3. The molecule has 0 N–H and O–H groups in total. The van der Waals surface area contributed by atoms with Gasteiger partial charge in [0, 0.05) is 81.5 Å². The molecule has 0 aromatic rings. The standard InChI is InChI=1S/Be.Cu.Ni.Ti.Zr.2H/q+2;;;;;2*-1. The fourth-order valence-corrected chi connectivity index (χ4v) is 0. The average Bonchev–Trinajstić information content (AvgIpc) is 0. The third kappa shape index (κ3) is 20.0. The largest absolute Gasteiger partial charge is 2.00 e. The second-order valence-corrected chi connectivity index (χ2v) is 0. The zero-order valence-corrected chi connectivity index (χ0v) is 8.27. The maximum absolute atomic E-state index is 0. The Balaban J connectivity index is 0. The van der Waals surface area contributed by atoms with Crippen LogP contribution in [0.25, 0.3) is 0 Å². The zero-order valence-electron chi connectivity index (χ0n) is 4.32. The van der Waals surface area contributed by atoms with Gasteiger partial charge in [-0.15, -0.1) is 0 Å². The van der Waals surface area contributed by atoms with Crippen molar-refractivity contribution in [3.63, 3.8) is 0 Å². The van der Waals surface area contributed by atoms with Crippen molar-refractivity contribution in [2.45, 2.75) is 0 Å². The van der Waals surface area contributed by atoms with E-state index in [-0.39, 0.29) is 94.5 Å². The average molecular weight is 272 g/mol. The van der Waals surface area contributed by atoms with Gasteiger partial charge in [-0.2, -0.15) is 0 Å². The molecule has 0 fully saturated rings. The van der Waals surface area contributed by atoms with E-state index in [4.69, 9.17) is 0 Å². The fraction of sp³-hybridized carbons (Fsp3) is 0. The van der Waals surface area contributed by atoms with Crippen LogP contribution < -0.4 is 0 Å². The zero-order chi connectivity index (χ0) is 0. The van der Waals surface area contributed by atoms with Gasteiger partial charge in [0.1, 0.15) is 0 Å². The maximum atomic E-state index is 0. The van der Waals surface area contributed by atoms with Crippen molar-refractivity contribution < 1.29 is 84.3 Å². The molecule has 1 radical (unpaired) electrons. The van der Waals surface area contributed by atoms with E-state index < -0.39 is 0 Å². The van der Waals surface area contributed by atoms with E-state index >= 15 is 0 Å². The summed E-state index contributed by atoms with van der Waals surface area (Å²) in [7, 11) is 0. The van der Waals surface area contributed by atoms with E-state index in [1.165, 1.54) is 0 Å². The molecule has 0 aliphatic rings. The van der Waals surface area contributed by atoms with Crippen molar-refractivity contribution in [1.82, 2.24) is 0 Å². The Labute approximate surface area is 93.2 Å². The van der Waals surface area contributed by atoms with Gasteiger partial charge >= 0.3 is 10.1 Å². The summed E-state index contributed by atoms with van der Waals surface area (Å²) in [5.74, 6) is 0. The van der Waals surface area contributed by atoms with Crippen molar-refractivity contribution in [3.05, 3.63) is 0 Å². The minimum absolute atomic E-state index is 0. The van der Waals surface area contributed by atoms with Gasteiger partial charge in [-0.05, 0) is 0 Å². The van der Waals surface area contributed by atoms with Crippen molar-refractivity contribution in [1.29, 1.82) is 0 Å². The predicted octanol–water partition coefficient (Wildman–Crippen LogP) is -0.166. The summed E-state index contributed by atoms with van der Waals surface area (Å²) in [6.07, 6.45) is 0. The Morgan fingerprint density at radius 3 is 1.20 bits per heavy atom. The molecule has 0 bridgehead atoms. The summed E-state index contributed by atoms with van der Waals surface area (Å²) >= 11 is 0. The van der Waals surface area contributed by atoms with Gasteiger partial charge < -0.3 is 2.85 Å². The Morgan fingerprint density at radius 1 is 1.20 bits per heavy atom. The first-order valence-electron chi connectivity index (χ1n) is 0. The van der Waals surface area contributed by atoms with E-state index in [1.54, 1.807) is 0 Å². The summed E-state index contributed by atoms with van der Waals surface area (Å²) in [5.41, 5.74) is 0. The van der Waals surface area contributed by atoms with Crippen molar-refractivity contribution in [2.24, 2.45) is 0 Å². The molecule has 0 aliphatic heterocycles. The molecule has 5 heteroatoms. The molecule has 0 saturated carbocycles. The molecule has 0 atom stereocenters. The van der Waals surface area contributed by atoms with Crippen molar-refractivity contribution in [3.8, 4) is 0 Å². The first-order valence-corrected chi connectivity index (χ1v) is 0. The van der Waals surface area contributed by atoms with E-state index in [9.17, 15) is 0 Å². The molecule has 33 valence electrons. The first-order chi connectivity index (χ1) is 0. The molecule has 0 saturated heterocycles. The van der Waals surface area contributed by atoms with Crippen molar-refractivity contribution in [2.75, 3.05) is 0 Å². The van der Waals surface area contributed by atoms with Gasteiger partial charge in [0.15, 0.2) is 0 Å². The fourth-order valence-electron chi connectivity index (χ4n) is 0. The summed E-state index contributed by atoms with van der Waals surface area (Å²) in [6, 6.07) is 0. The maximum Gasteiger partial charge on any atom is 2.00 e. The molecule has 0 aromatic heterocycles. The van der Waals surface area contributed by atoms with Crippen LogP contribution in [0, 0.1) is 0 Å². The number of hydrogen-bond donors (Lipinski definition) is 0. The molecule has 0 aliphatic carbocycles. The summed E-state index contributed by atoms with van der Waals surface area (Å²) in [6.45, 7) is 0. The third-order valence-corrected chi connectivity index (χ3v) is 0. The van der Waals surface area contributed by atoms with E-state index in [0.717, 1.165) is 0 Å². The summed E-state index contributed by atoms with van der Waals surface area (Å²) < 4.78 is 0. The predicted molar refractivity (Wildman–Crippen MR) is 7.98 cm³/mol. The number of hydrogen-bond acceptors (Lipinski definition) is 0. The van der Waals surface area contributed by atoms with Crippen LogP contribution in [0.2, 0.25) is 0 Å². The van der Waals surface area contributed by atoms with Gasteiger partial charge in [0.05, 0.1) is 0 Å². The minimum Gasteiger partial charge on any atom is -1.00 e. The van der Waals surface area contributed by atoms with Crippen LogP contribution in [-0.4, -0.2) is 10.1 Å². The molecule has 0 rings (SSSR count). The van der Waals surface area contributed by atoms with E-state index in [1.807, 2.05) is 0 Å². The molecule has 0 heterocycles. The van der Waals surface area contributed by atoms with Gasteiger partial charge in [-0.1, -0.05) is 0 Å². The first kappa shape index (κ1) is 46.3. The molecule has 0 aromatic carbocycles. The van der Waals surface area contributed by atoms with Gasteiger partial charge in [-0.25, -0.2) is 0 Å². The Kier molecular flexibility index (Phi) is 271. The van der Waals surface area contributed by atoms with Crippen LogP contribution in [0.15, 0.2) is 0 Å². The van der Waals surface area contributed by atoms with Gasteiger partial charge in [0.2, 0.25) is 0 Å². The topological polar surface area (TPSA) is 0 Å². The molecule has 5 heavy (non-hydrogen) atoms. The summed E-state index contributed by atoms with van der Waals surface area (Å²) in [5, 5.41) is 0. The van der Waals surface area contributed by atoms with E-state index in [0.29, 0.717) is 0 Å². The van der Waals surface area contributed by atoms with Crippen LogP contribution in [0.1, 0.15) is 2.85 Å². The van der Waals surface area contributed by atoms with Crippen LogP contribution in [0.4, 0.5) is 0 Å². The monoisotopic (exact) mass is 270 g/mol. The van der Waals surface area contributed by atoms with Crippen molar-refractivity contribution >= 4 is 10.1 Å². The second-order valence-electron chi connectivity index (χ2n) is 0. The molecule has 0 unspecified atom stereocenters. The van der Waals surface area contributed by atoms with Crippen LogP contribution in [0.3, 0.4) is 0 Å². The Bertz CT molecular complexity index is 17.7. The van der Waals surface area contributed by atoms with Crippen LogP contribution in [0.5, 0.6) is 0 Å². The van der Waals surface area contributed by atoms with Gasteiger partial charge in [0.25, 0.3) is 0 Å². The Hall–Kier alpha value is 2.78. The Morgan fingerprint density at radius 2 is 1.20 bits per heavy atom. The van der Waals surface area contributed by atoms with Crippen LogP contribution >= 0.6 is 0 Å². The SMILES string of the molecule is [Be+2].[Cu].[H-].[H-].[Ni].[Ti].[Zr]. The van der Waals surface area contributed by atoms with Gasteiger partial charge in [-0.3, -0.25) is 0 Å². The summed E-state index contributed by atoms with van der Waals surface area (Å²) in [4.78, 5) is 0. The quantitative estimate of drug-likeness (QED) is 0.537. The molecular formula is H2BeCuNiTiZr. The third-order valence-electron chi connectivity index (χ3n) is 0. The molecule has 0 nitrogen and oxygen atoms in total. The molecule has 0 amide bonds. The number of rotatable bonds is 0. The molecular weight excluding hydrogens is 270 g/mol. The van der Waals surface area contributed by atoms with E-state index in [2.05, 4.69) is 0 Å². The smallest absolute Gasteiger partial charge is 1.00 e. The van der Waals surface area contributed by atoms with Crippen LogP contribution in [-0.2, 0) is 81.5 Å². The minimum atomic E-state index is 0. The normalized spacial score (nSPS) is 0.